The summed E-state index contributed by atoms with van der Waals surface area (Å²) >= 11 is 0. The zero-order valence-corrected chi connectivity index (χ0v) is 11.8. The molecule has 0 bridgehead atoms. The maximum absolute atomic E-state index is 11.3. The minimum Gasteiger partial charge on any atom is -0.433 e. The van der Waals surface area contributed by atoms with Crippen molar-refractivity contribution in [1.29, 1.82) is 0 Å². The molecule has 1 N–H and O–H groups in total. The summed E-state index contributed by atoms with van der Waals surface area (Å²) in [6.07, 6.45) is 2.65. The van der Waals surface area contributed by atoms with E-state index in [-0.39, 0.29) is 6.04 Å². The van der Waals surface area contributed by atoms with Gasteiger partial charge in [-0.2, -0.15) is 0 Å². The van der Waals surface area contributed by atoms with Crippen LogP contribution < -0.4 is 5.32 Å². The van der Waals surface area contributed by atoms with E-state index in [1.54, 1.807) is 0 Å². The maximum atomic E-state index is 11.3. The van der Waals surface area contributed by atoms with Gasteiger partial charge in [0.2, 0.25) is 0 Å². The topological polar surface area (TPSA) is 47.6 Å². The fourth-order valence-corrected chi connectivity index (χ4v) is 1.25. The van der Waals surface area contributed by atoms with Gasteiger partial charge in [0.15, 0.2) is 0 Å². The minimum atomic E-state index is -0.590. The SMILES string of the molecule is CCCCNC(CC)COC(=O)OC(C)(C)C. The maximum Gasteiger partial charge on any atom is 0.508 e. The highest BCUT2D eigenvalue weighted by Gasteiger charge is 2.18. The summed E-state index contributed by atoms with van der Waals surface area (Å²) in [7, 11) is 0. The Morgan fingerprint density at radius 1 is 1.29 bits per heavy atom. The van der Waals surface area contributed by atoms with Gasteiger partial charge in [-0.1, -0.05) is 20.3 Å². The highest BCUT2D eigenvalue weighted by atomic mass is 16.7. The van der Waals surface area contributed by atoms with Crippen LogP contribution in [-0.2, 0) is 9.47 Å². The van der Waals surface area contributed by atoms with Crippen molar-refractivity contribution >= 4 is 6.16 Å². The average Bonchev–Trinajstić information content (AvgIpc) is 2.20. The van der Waals surface area contributed by atoms with E-state index in [0.29, 0.717) is 6.61 Å². The van der Waals surface area contributed by atoms with Crippen LogP contribution in [0.1, 0.15) is 53.9 Å². The molecule has 0 aromatic heterocycles. The number of ether oxygens (including phenoxy) is 2. The highest BCUT2D eigenvalue weighted by molar-refractivity contribution is 5.60. The molecule has 4 nitrogen and oxygen atoms in total. The lowest BCUT2D eigenvalue weighted by Gasteiger charge is -2.21. The number of rotatable bonds is 7. The Morgan fingerprint density at radius 3 is 2.41 bits per heavy atom. The van der Waals surface area contributed by atoms with Gasteiger partial charge in [0.25, 0.3) is 0 Å². The summed E-state index contributed by atoms with van der Waals surface area (Å²) < 4.78 is 10.1. The van der Waals surface area contributed by atoms with Gasteiger partial charge in [-0.05, 0) is 40.2 Å². The number of carbonyl (C=O) groups excluding carboxylic acids is 1. The molecule has 4 heteroatoms. The molecule has 0 spiro atoms. The standard InChI is InChI=1S/C13H27NO3/c1-6-8-9-14-11(7-2)10-16-12(15)17-13(3,4)5/h11,14H,6-10H2,1-5H3. The lowest BCUT2D eigenvalue weighted by molar-refractivity contribution is -0.0108. The number of hydrogen-bond donors (Lipinski definition) is 1. The molecule has 0 radical (unpaired) electrons. The first-order chi connectivity index (χ1) is 7.89. The molecule has 0 aliphatic rings. The first-order valence-corrected chi connectivity index (χ1v) is 6.48. The van der Waals surface area contributed by atoms with Crippen molar-refractivity contribution < 1.29 is 14.3 Å². The Bertz CT molecular complexity index is 211. The Kier molecular flexibility index (Phi) is 7.96. The summed E-state index contributed by atoms with van der Waals surface area (Å²) in [5.74, 6) is 0. The van der Waals surface area contributed by atoms with Crippen molar-refractivity contribution in [2.45, 2.75) is 65.5 Å². The van der Waals surface area contributed by atoms with Crippen LogP contribution in [0, 0.1) is 0 Å². The lowest BCUT2D eigenvalue weighted by atomic mass is 10.2. The van der Waals surface area contributed by atoms with Crippen molar-refractivity contribution in [1.82, 2.24) is 5.32 Å². The van der Waals surface area contributed by atoms with Crippen molar-refractivity contribution in [3.63, 3.8) is 0 Å². The Balaban J connectivity index is 3.78. The van der Waals surface area contributed by atoms with E-state index in [1.807, 2.05) is 20.8 Å². The number of carbonyl (C=O) groups is 1. The Hall–Kier alpha value is -0.770. The number of unbranched alkanes of at least 4 members (excludes halogenated alkanes) is 1. The van der Waals surface area contributed by atoms with E-state index in [2.05, 4.69) is 19.2 Å². The highest BCUT2D eigenvalue weighted by Crippen LogP contribution is 2.08. The zero-order chi connectivity index (χ0) is 13.3. The second-order valence-corrected chi connectivity index (χ2v) is 5.19. The normalized spacial score (nSPS) is 13.2. The molecule has 0 aromatic carbocycles. The van der Waals surface area contributed by atoms with E-state index < -0.39 is 11.8 Å². The van der Waals surface area contributed by atoms with Crippen molar-refractivity contribution in [3.8, 4) is 0 Å². The van der Waals surface area contributed by atoms with E-state index in [4.69, 9.17) is 9.47 Å². The summed E-state index contributed by atoms with van der Waals surface area (Å²) in [5, 5.41) is 3.36. The van der Waals surface area contributed by atoms with E-state index in [0.717, 1.165) is 25.8 Å². The van der Waals surface area contributed by atoms with Crippen LogP contribution in [-0.4, -0.2) is 30.9 Å². The molecule has 0 amide bonds. The third-order valence-corrected chi connectivity index (χ3v) is 2.25. The predicted molar refractivity (Wildman–Crippen MR) is 69.2 cm³/mol. The lowest BCUT2D eigenvalue weighted by Crippen LogP contribution is -2.35. The first-order valence-electron chi connectivity index (χ1n) is 6.48. The Morgan fingerprint density at radius 2 is 1.94 bits per heavy atom. The smallest absolute Gasteiger partial charge is 0.433 e. The molecule has 1 atom stereocenters. The van der Waals surface area contributed by atoms with E-state index >= 15 is 0 Å². The third kappa shape index (κ3) is 10.1. The molecular weight excluding hydrogens is 218 g/mol. The monoisotopic (exact) mass is 245 g/mol. The first kappa shape index (κ1) is 16.2. The van der Waals surface area contributed by atoms with Gasteiger partial charge in [-0.25, -0.2) is 4.79 Å². The molecule has 0 saturated carbocycles. The van der Waals surface area contributed by atoms with Gasteiger partial charge < -0.3 is 14.8 Å². The van der Waals surface area contributed by atoms with Gasteiger partial charge in [0.05, 0.1) is 0 Å². The van der Waals surface area contributed by atoms with Crippen LogP contribution in [0.25, 0.3) is 0 Å². The Labute approximate surface area is 105 Å². The molecule has 0 saturated heterocycles. The molecule has 0 aliphatic heterocycles. The summed E-state index contributed by atoms with van der Waals surface area (Å²) in [6.45, 7) is 11.0. The van der Waals surface area contributed by atoms with Gasteiger partial charge >= 0.3 is 6.16 Å². The van der Waals surface area contributed by atoms with Gasteiger partial charge in [-0.3, -0.25) is 0 Å². The van der Waals surface area contributed by atoms with Gasteiger partial charge in [0.1, 0.15) is 12.2 Å². The molecule has 0 rings (SSSR count). The number of hydrogen-bond acceptors (Lipinski definition) is 4. The zero-order valence-electron chi connectivity index (χ0n) is 11.8. The van der Waals surface area contributed by atoms with Crippen LogP contribution in [0.4, 0.5) is 4.79 Å². The predicted octanol–water partition coefficient (Wildman–Crippen LogP) is 3.11. The molecule has 0 aliphatic carbocycles. The molecule has 0 heterocycles. The van der Waals surface area contributed by atoms with Crippen LogP contribution >= 0.6 is 0 Å². The van der Waals surface area contributed by atoms with Gasteiger partial charge in [0, 0.05) is 6.04 Å². The van der Waals surface area contributed by atoms with Crippen molar-refractivity contribution in [2.24, 2.45) is 0 Å². The molecule has 17 heavy (non-hydrogen) atoms. The molecule has 0 aromatic rings. The minimum absolute atomic E-state index is 0.217. The second-order valence-electron chi connectivity index (χ2n) is 5.19. The summed E-state index contributed by atoms with van der Waals surface area (Å²) in [5.41, 5.74) is -0.492. The molecule has 102 valence electrons. The van der Waals surface area contributed by atoms with Crippen molar-refractivity contribution in [3.05, 3.63) is 0 Å². The van der Waals surface area contributed by atoms with Crippen LogP contribution in [0.5, 0.6) is 0 Å². The van der Waals surface area contributed by atoms with E-state index in [1.165, 1.54) is 0 Å². The molecule has 0 fully saturated rings. The largest absolute Gasteiger partial charge is 0.508 e. The van der Waals surface area contributed by atoms with Crippen LogP contribution in [0.2, 0.25) is 0 Å². The second kappa shape index (κ2) is 8.34. The number of nitrogens with one attached hydrogen (secondary N) is 1. The van der Waals surface area contributed by atoms with E-state index in [9.17, 15) is 4.79 Å². The summed E-state index contributed by atoms with van der Waals surface area (Å²) in [4.78, 5) is 11.3. The molecular formula is C13H27NO3. The third-order valence-electron chi connectivity index (χ3n) is 2.25. The van der Waals surface area contributed by atoms with Gasteiger partial charge in [-0.15, -0.1) is 0 Å². The van der Waals surface area contributed by atoms with Crippen molar-refractivity contribution in [2.75, 3.05) is 13.2 Å². The quantitative estimate of drug-likeness (QED) is 0.553. The van der Waals surface area contributed by atoms with Crippen LogP contribution in [0.15, 0.2) is 0 Å². The van der Waals surface area contributed by atoms with Crippen LogP contribution in [0.3, 0.4) is 0 Å². The summed E-state index contributed by atoms with van der Waals surface area (Å²) in [6, 6.07) is 0.217. The fraction of sp³-hybridized carbons (Fsp3) is 0.923. The average molecular weight is 245 g/mol. The molecule has 1 unspecified atom stereocenters. The fourth-order valence-electron chi connectivity index (χ4n) is 1.25.